The molecule has 0 radical (unpaired) electrons. The van der Waals surface area contributed by atoms with E-state index in [9.17, 15) is 4.79 Å². The molecule has 1 N–H and O–H groups in total. The molecule has 4 heteroatoms. The number of nitrogens with zero attached hydrogens (tertiary/aromatic N) is 2. The van der Waals surface area contributed by atoms with Gasteiger partial charge in [0.15, 0.2) is 0 Å². The summed E-state index contributed by atoms with van der Waals surface area (Å²) in [6.07, 6.45) is 11.5. The highest BCUT2D eigenvalue weighted by molar-refractivity contribution is 5.84. The van der Waals surface area contributed by atoms with Gasteiger partial charge in [0, 0.05) is 12.3 Å². The minimum Gasteiger partial charge on any atom is -0.478 e. The van der Waals surface area contributed by atoms with Gasteiger partial charge < -0.3 is 5.11 Å². The zero-order valence-electron chi connectivity index (χ0n) is 11.5. The fourth-order valence-electron chi connectivity index (χ4n) is 5.16. The topological polar surface area (TPSA) is 55.1 Å². The molecule has 0 aromatic carbocycles. The Morgan fingerprint density at radius 1 is 1.20 bits per heavy atom. The molecular formula is C16H20N2O2. The summed E-state index contributed by atoms with van der Waals surface area (Å²) < 4.78 is 2.10. The number of carboxylic acids is 1. The molecule has 4 saturated carbocycles. The highest BCUT2D eigenvalue weighted by atomic mass is 16.4. The number of hydrogen-bond acceptors (Lipinski definition) is 2. The van der Waals surface area contributed by atoms with E-state index in [1.165, 1.54) is 38.2 Å². The highest BCUT2D eigenvalue weighted by Gasteiger charge is 2.49. The normalized spacial score (nSPS) is 38.7. The van der Waals surface area contributed by atoms with Crippen LogP contribution in [0, 0.1) is 23.7 Å². The van der Waals surface area contributed by atoms with Crippen LogP contribution in [0.4, 0.5) is 0 Å². The van der Waals surface area contributed by atoms with Gasteiger partial charge in [-0.1, -0.05) is 0 Å². The Balaban J connectivity index is 1.65. The van der Waals surface area contributed by atoms with E-state index in [2.05, 4.69) is 9.78 Å². The largest absolute Gasteiger partial charge is 0.478 e. The van der Waals surface area contributed by atoms with E-state index < -0.39 is 5.97 Å². The Hall–Kier alpha value is -1.58. The smallest absolute Gasteiger partial charge is 0.328 e. The number of carboxylic acid groups (broad SMARTS) is 1. The van der Waals surface area contributed by atoms with Crippen LogP contribution in [-0.2, 0) is 4.79 Å². The minimum absolute atomic E-state index is 0.492. The molecule has 20 heavy (non-hydrogen) atoms. The van der Waals surface area contributed by atoms with E-state index in [4.69, 9.17) is 5.11 Å². The van der Waals surface area contributed by atoms with Gasteiger partial charge in [0.25, 0.3) is 0 Å². The first-order valence-electron chi connectivity index (χ1n) is 7.65. The van der Waals surface area contributed by atoms with Crippen LogP contribution >= 0.6 is 0 Å². The summed E-state index contributed by atoms with van der Waals surface area (Å²) >= 11 is 0. The Morgan fingerprint density at radius 2 is 1.85 bits per heavy atom. The molecule has 4 fully saturated rings. The maximum absolute atomic E-state index is 10.7. The molecule has 4 bridgehead atoms. The van der Waals surface area contributed by atoms with Gasteiger partial charge in [-0.2, -0.15) is 5.10 Å². The van der Waals surface area contributed by atoms with E-state index in [1.54, 1.807) is 12.3 Å². The minimum atomic E-state index is -0.900. The van der Waals surface area contributed by atoms with Crippen molar-refractivity contribution in [1.82, 2.24) is 9.78 Å². The van der Waals surface area contributed by atoms with Gasteiger partial charge in [-0.05, 0) is 67.9 Å². The summed E-state index contributed by atoms with van der Waals surface area (Å²) in [6.45, 7) is 0. The molecule has 4 aliphatic rings. The SMILES string of the molecule is O=C(O)/C=C/c1ccnn1C1C2CC3CC(C2)CC1C3. The molecule has 4 nitrogen and oxygen atoms in total. The Labute approximate surface area is 118 Å². The number of carbonyl (C=O) groups is 1. The fraction of sp³-hybridized carbons (Fsp3) is 0.625. The summed E-state index contributed by atoms with van der Waals surface area (Å²) in [5.74, 6) is 2.50. The molecular weight excluding hydrogens is 252 g/mol. The summed E-state index contributed by atoms with van der Waals surface area (Å²) in [6, 6.07) is 2.41. The molecule has 0 unspecified atom stereocenters. The Morgan fingerprint density at radius 3 is 2.45 bits per heavy atom. The summed E-state index contributed by atoms with van der Waals surface area (Å²) in [5, 5.41) is 13.3. The zero-order chi connectivity index (χ0) is 13.7. The first kappa shape index (κ1) is 12.2. The van der Waals surface area contributed by atoms with Crippen molar-refractivity contribution in [3.63, 3.8) is 0 Å². The Bertz CT molecular complexity index is 533. The van der Waals surface area contributed by atoms with Crippen LogP contribution in [0.25, 0.3) is 6.08 Å². The maximum Gasteiger partial charge on any atom is 0.328 e. The predicted octanol–water partition coefficient (Wildman–Crippen LogP) is 2.98. The third kappa shape index (κ3) is 1.89. The highest BCUT2D eigenvalue weighted by Crippen LogP contribution is 2.58. The molecule has 0 spiro atoms. The van der Waals surface area contributed by atoms with Crippen LogP contribution in [0.3, 0.4) is 0 Å². The van der Waals surface area contributed by atoms with Gasteiger partial charge in [0.1, 0.15) is 0 Å². The third-order valence-corrected chi connectivity index (χ3v) is 5.56. The van der Waals surface area contributed by atoms with Crippen molar-refractivity contribution >= 4 is 12.0 Å². The standard InChI is InChI=1S/C16H20N2O2/c19-15(20)2-1-14-3-4-17-18(14)16-12-6-10-5-11(8-12)9-13(16)7-10/h1-4,10-13,16H,5-9H2,(H,19,20)/b2-1+. The molecule has 0 atom stereocenters. The lowest BCUT2D eigenvalue weighted by atomic mass is 9.54. The third-order valence-electron chi connectivity index (χ3n) is 5.56. The summed E-state index contributed by atoms with van der Waals surface area (Å²) in [7, 11) is 0. The van der Waals surface area contributed by atoms with Crippen LogP contribution in [-0.4, -0.2) is 20.9 Å². The molecule has 5 rings (SSSR count). The van der Waals surface area contributed by atoms with Crippen molar-refractivity contribution in [2.24, 2.45) is 23.7 Å². The van der Waals surface area contributed by atoms with Crippen molar-refractivity contribution in [1.29, 1.82) is 0 Å². The van der Waals surface area contributed by atoms with Gasteiger partial charge in [0.05, 0.1) is 11.7 Å². The lowest BCUT2D eigenvalue weighted by molar-refractivity contribution is -0.131. The number of aliphatic carboxylic acids is 1. The molecule has 0 aliphatic heterocycles. The lowest BCUT2D eigenvalue weighted by Crippen LogP contribution is -2.46. The quantitative estimate of drug-likeness (QED) is 0.861. The number of hydrogen-bond donors (Lipinski definition) is 1. The van der Waals surface area contributed by atoms with Crippen molar-refractivity contribution in [3.8, 4) is 0 Å². The van der Waals surface area contributed by atoms with Crippen molar-refractivity contribution in [2.45, 2.75) is 38.1 Å². The van der Waals surface area contributed by atoms with Crippen molar-refractivity contribution in [3.05, 3.63) is 24.0 Å². The summed E-state index contributed by atoms with van der Waals surface area (Å²) in [5.41, 5.74) is 0.935. The van der Waals surface area contributed by atoms with Crippen LogP contribution in [0.5, 0.6) is 0 Å². The van der Waals surface area contributed by atoms with Crippen LogP contribution in [0.1, 0.15) is 43.8 Å². The van der Waals surface area contributed by atoms with Gasteiger partial charge in [-0.3, -0.25) is 4.68 Å². The van der Waals surface area contributed by atoms with Gasteiger partial charge >= 0.3 is 5.97 Å². The first-order chi connectivity index (χ1) is 9.70. The average Bonchev–Trinajstić information content (AvgIpc) is 2.83. The van der Waals surface area contributed by atoms with E-state index in [0.29, 0.717) is 6.04 Å². The van der Waals surface area contributed by atoms with Crippen molar-refractivity contribution < 1.29 is 9.90 Å². The maximum atomic E-state index is 10.7. The zero-order valence-corrected chi connectivity index (χ0v) is 11.5. The lowest BCUT2D eigenvalue weighted by Gasteiger charge is -2.54. The van der Waals surface area contributed by atoms with E-state index in [-0.39, 0.29) is 0 Å². The van der Waals surface area contributed by atoms with E-state index >= 15 is 0 Å². The van der Waals surface area contributed by atoms with Gasteiger partial charge in [-0.15, -0.1) is 0 Å². The van der Waals surface area contributed by atoms with Crippen LogP contribution in [0.15, 0.2) is 18.3 Å². The molecule has 4 aliphatic carbocycles. The van der Waals surface area contributed by atoms with Crippen molar-refractivity contribution in [2.75, 3.05) is 0 Å². The van der Waals surface area contributed by atoms with Gasteiger partial charge in [-0.25, -0.2) is 4.79 Å². The average molecular weight is 272 g/mol. The van der Waals surface area contributed by atoms with E-state index in [0.717, 1.165) is 29.4 Å². The molecule has 1 aromatic heterocycles. The van der Waals surface area contributed by atoms with Crippen LogP contribution < -0.4 is 0 Å². The molecule has 106 valence electrons. The van der Waals surface area contributed by atoms with E-state index in [1.807, 2.05) is 6.07 Å². The second-order valence-electron chi connectivity index (χ2n) is 6.79. The summed E-state index contributed by atoms with van der Waals surface area (Å²) in [4.78, 5) is 10.7. The van der Waals surface area contributed by atoms with Crippen LogP contribution in [0.2, 0.25) is 0 Å². The van der Waals surface area contributed by atoms with Gasteiger partial charge in [0.2, 0.25) is 0 Å². The second-order valence-corrected chi connectivity index (χ2v) is 6.79. The molecule has 0 saturated heterocycles. The number of rotatable bonds is 3. The second kappa shape index (κ2) is 4.47. The molecule has 1 aromatic rings. The Kier molecular flexibility index (Phi) is 2.72. The first-order valence-corrected chi connectivity index (χ1v) is 7.65. The molecule has 1 heterocycles. The monoisotopic (exact) mass is 272 g/mol. The number of aromatic nitrogens is 2. The fourth-order valence-corrected chi connectivity index (χ4v) is 5.16. The molecule has 0 amide bonds. The predicted molar refractivity (Wildman–Crippen MR) is 75.0 cm³/mol.